The van der Waals surface area contributed by atoms with Crippen molar-refractivity contribution in [2.24, 2.45) is 11.8 Å². The van der Waals surface area contributed by atoms with E-state index >= 15 is 0 Å². The Balaban J connectivity index is 2.10. The van der Waals surface area contributed by atoms with Gasteiger partial charge in [-0.3, -0.25) is 0 Å². The fraction of sp³-hybridized carbons (Fsp3) is 0.688. The van der Waals surface area contributed by atoms with Crippen molar-refractivity contribution in [2.45, 2.75) is 45.9 Å². The number of aromatic nitrogens is 1. The average molecular weight is 281 g/mol. The molecule has 106 valence electrons. The molecule has 1 aliphatic rings. The Bertz CT molecular complexity index is 417. The molecule has 19 heavy (non-hydrogen) atoms. The SMILES string of the molecule is Cc1cc(CCl)cnc1N1CCCC(C(C)C)CC1. The van der Waals surface area contributed by atoms with E-state index in [9.17, 15) is 0 Å². The van der Waals surface area contributed by atoms with E-state index in [1.54, 1.807) is 0 Å². The second kappa shape index (κ2) is 6.60. The van der Waals surface area contributed by atoms with Gasteiger partial charge in [-0.1, -0.05) is 13.8 Å². The van der Waals surface area contributed by atoms with E-state index in [0.717, 1.165) is 36.3 Å². The highest BCUT2D eigenvalue weighted by Crippen LogP contribution is 2.28. The standard InChI is InChI=1S/C16H25ClN2/c1-12(2)15-5-4-7-19(8-6-15)16-13(3)9-14(10-17)11-18-16/h9,11-12,15H,4-8,10H2,1-3H3. The topological polar surface area (TPSA) is 16.1 Å². The third-order valence-corrected chi connectivity index (χ3v) is 4.59. The molecular formula is C16H25ClN2. The summed E-state index contributed by atoms with van der Waals surface area (Å²) in [6.07, 6.45) is 5.84. The van der Waals surface area contributed by atoms with Gasteiger partial charge in [-0.15, -0.1) is 11.6 Å². The second-order valence-corrected chi connectivity index (χ2v) is 6.31. The maximum Gasteiger partial charge on any atom is 0.131 e. The fourth-order valence-electron chi connectivity index (χ4n) is 3.03. The number of pyridine rings is 1. The number of rotatable bonds is 3. The third kappa shape index (κ3) is 3.62. The highest BCUT2D eigenvalue weighted by molar-refractivity contribution is 6.17. The number of aryl methyl sites for hydroxylation is 1. The smallest absolute Gasteiger partial charge is 0.131 e. The van der Waals surface area contributed by atoms with Crippen LogP contribution in [0.5, 0.6) is 0 Å². The molecule has 1 unspecified atom stereocenters. The van der Waals surface area contributed by atoms with E-state index in [1.807, 2.05) is 6.20 Å². The van der Waals surface area contributed by atoms with E-state index in [-0.39, 0.29) is 0 Å². The highest BCUT2D eigenvalue weighted by atomic mass is 35.5. The van der Waals surface area contributed by atoms with Crippen LogP contribution in [0.2, 0.25) is 0 Å². The number of anilines is 1. The molecule has 2 rings (SSSR count). The van der Waals surface area contributed by atoms with Crippen molar-refractivity contribution < 1.29 is 0 Å². The van der Waals surface area contributed by atoms with Gasteiger partial charge in [0.25, 0.3) is 0 Å². The van der Waals surface area contributed by atoms with Crippen LogP contribution in [0.15, 0.2) is 12.3 Å². The van der Waals surface area contributed by atoms with Crippen LogP contribution in [0, 0.1) is 18.8 Å². The minimum atomic E-state index is 0.545. The molecule has 0 aliphatic carbocycles. The molecule has 1 atom stereocenters. The van der Waals surface area contributed by atoms with Gasteiger partial charge in [0.1, 0.15) is 5.82 Å². The van der Waals surface area contributed by atoms with Gasteiger partial charge in [-0.2, -0.15) is 0 Å². The molecule has 0 amide bonds. The summed E-state index contributed by atoms with van der Waals surface area (Å²) in [4.78, 5) is 7.08. The molecule has 0 spiro atoms. The molecule has 0 radical (unpaired) electrons. The third-order valence-electron chi connectivity index (χ3n) is 4.28. The van der Waals surface area contributed by atoms with Crippen LogP contribution in [0.4, 0.5) is 5.82 Å². The largest absolute Gasteiger partial charge is 0.356 e. The Labute approximate surface area is 122 Å². The molecule has 0 saturated carbocycles. The summed E-state index contributed by atoms with van der Waals surface area (Å²) in [5.74, 6) is 3.36. The van der Waals surface area contributed by atoms with Gasteiger partial charge in [-0.25, -0.2) is 4.98 Å². The maximum atomic E-state index is 5.86. The zero-order chi connectivity index (χ0) is 13.8. The molecule has 3 heteroatoms. The van der Waals surface area contributed by atoms with Gasteiger partial charge in [0, 0.05) is 25.2 Å². The van der Waals surface area contributed by atoms with Crippen LogP contribution in [0.1, 0.15) is 44.2 Å². The summed E-state index contributed by atoms with van der Waals surface area (Å²) in [7, 11) is 0. The Morgan fingerprint density at radius 2 is 2.16 bits per heavy atom. The van der Waals surface area contributed by atoms with E-state index in [1.165, 1.54) is 24.8 Å². The predicted octanol–water partition coefficient (Wildman–Crippen LogP) is 4.39. The summed E-state index contributed by atoms with van der Waals surface area (Å²) in [6.45, 7) is 9.11. The summed E-state index contributed by atoms with van der Waals surface area (Å²) < 4.78 is 0. The molecule has 2 nitrogen and oxygen atoms in total. The van der Waals surface area contributed by atoms with Crippen LogP contribution >= 0.6 is 11.6 Å². The molecule has 2 heterocycles. The van der Waals surface area contributed by atoms with Crippen molar-refractivity contribution in [1.29, 1.82) is 0 Å². The predicted molar refractivity (Wildman–Crippen MR) is 82.9 cm³/mol. The van der Waals surface area contributed by atoms with Crippen molar-refractivity contribution in [3.8, 4) is 0 Å². The van der Waals surface area contributed by atoms with Crippen molar-refractivity contribution in [3.05, 3.63) is 23.4 Å². The van der Waals surface area contributed by atoms with Crippen LogP contribution < -0.4 is 4.90 Å². The van der Waals surface area contributed by atoms with E-state index in [0.29, 0.717) is 5.88 Å². The Morgan fingerprint density at radius 1 is 1.37 bits per heavy atom. The first-order valence-corrected chi connectivity index (χ1v) is 7.91. The first-order valence-electron chi connectivity index (χ1n) is 7.38. The summed E-state index contributed by atoms with van der Waals surface area (Å²) >= 11 is 5.86. The van der Waals surface area contributed by atoms with Crippen LogP contribution in [-0.4, -0.2) is 18.1 Å². The number of hydrogen-bond acceptors (Lipinski definition) is 2. The molecule has 1 aromatic rings. The minimum Gasteiger partial charge on any atom is -0.356 e. The molecule has 1 saturated heterocycles. The normalized spacial score (nSPS) is 20.7. The molecule has 0 N–H and O–H groups in total. The molecular weight excluding hydrogens is 256 g/mol. The lowest BCUT2D eigenvalue weighted by atomic mass is 9.89. The van der Waals surface area contributed by atoms with Crippen LogP contribution in [-0.2, 0) is 5.88 Å². The monoisotopic (exact) mass is 280 g/mol. The van der Waals surface area contributed by atoms with Crippen LogP contribution in [0.3, 0.4) is 0 Å². The van der Waals surface area contributed by atoms with Gasteiger partial charge in [0.05, 0.1) is 0 Å². The van der Waals surface area contributed by atoms with Crippen molar-refractivity contribution in [2.75, 3.05) is 18.0 Å². The summed E-state index contributed by atoms with van der Waals surface area (Å²) in [5, 5.41) is 0. The van der Waals surface area contributed by atoms with Crippen molar-refractivity contribution in [1.82, 2.24) is 4.98 Å². The fourth-order valence-corrected chi connectivity index (χ4v) is 3.18. The van der Waals surface area contributed by atoms with Gasteiger partial charge >= 0.3 is 0 Å². The van der Waals surface area contributed by atoms with Gasteiger partial charge < -0.3 is 4.90 Å². The maximum absolute atomic E-state index is 5.86. The second-order valence-electron chi connectivity index (χ2n) is 6.04. The zero-order valence-corrected chi connectivity index (χ0v) is 13.1. The Kier molecular flexibility index (Phi) is 5.09. The highest BCUT2D eigenvalue weighted by Gasteiger charge is 2.21. The lowest BCUT2D eigenvalue weighted by molar-refractivity contribution is 0.351. The average Bonchev–Trinajstić information content (AvgIpc) is 2.64. The lowest BCUT2D eigenvalue weighted by Crippen LogP contribution is -2.26. The van der Waals surface area contributed by atoms with Crippen molar-refractivity contribution >= 4 is 17.4 Å². The molecule has 1 aliphatic heterocycles. The molecule has 1 aromatic heterocycles. The van der Waals surface area contributed by atoms with Gasteiger partial charge in [-0.05, 0) is 55.2 Å². The number of alkyl halides is 1. The van der Waals surface area contributed by atoms with Crippen molar-refractivity contribution in [3.63, 3.8) is 0 Å². The van der Waals surface area contributed by atoms with E-state index in [2.05, 4.69) is 36.7 Å². The first-order chi connectivity index (χ1) is 9.11. The van der Waals surface area contributed by atoms with Gasteiger partial charge in [0.15, 0.2) is 0 Å². The zero-order valence-electron chi connectivity index (χ0n) is 12.3. The Hall–Kier alpha value is -0.760. The van der Waals surface area contributed by atoms with E-state index in [4.69, 9.17) is 11.6 Å². The van der Waals surface area contributed by atoms with E-state index < -0.39 is 0 Å². The first kappa shape index (κ1) is 14.6. The Morgan fingerprint density at radius 3 is 2.79 bits per heavy atom. The summed E-state index contributed by atoms with van der Waals surface area (Å²) in [6, 6.07) is 2.17. The van der Waals surface area contributed by atoms with Crippen LogP contribution in [0.25, 0.3) is 0 Å². The minimum absolute atomic E-state index is 0.545. The summed E-state index contributed by atoms with van der Waals surface area (Å²) in [5.41, 5.74) is 2.36. The molecule has 0 aromatic carbocycles. The number of nitrogens with zero attached hydrogens (tertiary/aromatic N) is 2. The molecule has 0 bridgehead atoms. The molecule has 1 fully saturated rings. The quantitative estimate of drug-likeness (QED) is 0.764. The number of hydrogen-bond donors (Lipinski definition) is 0. The number of halogens is 1. The van der Waals surface area contributed by atoms with Gasteiger partial charge in [0.2, 0.25) is 0 Å². The lowest BCUT2D eigenvalue weighted by Gasteiger charge is -2.24.